The number of morpholine rings is 1. The van der Waals surface area contributed by atoms with E-state index in [0.717, 1.165) is 134 Å². The molecule has 6 aliphatic rings. The molecule has 5 saturated heterocycles. The molecule has 598 valence electrons. The SMILES string of the molecule is Cc1ncsc1-c1ccc([C@H](C)NC(=O)[C@@H]2CCCN2C(=O)[C@@H](NC(=O)CCCCCCC(=O)N2CCN(CC3(C)CCC(c4ccc(Cl)cc4)=C(CN4CCN(c5ccc(C(=O)NS(=O)(=O)c6ccc(NC(CCN7CC8OC[C@H]87)CSc7ccccc7)c(S(=O)(=O)C(F)(F)F)c6)cc5)CC4)C3)CC2)C(C)(C)C)cc1. The Bertz CT molecular complexity index is 4540. The Labute approximate surface area is 664 Å². The van der Waals surface area contributed by atoms with E-state index in [0.29, 0.717) is 94.8 Å². The van der Waals surface area contributed by atoms with Crippen LogP contribution in [-0.2, 0) is 43.8 Å². The first kappa shape index (κ1) is 83.0. The molecular weight excluding hydrogens is 1520 g/mol. The number of alkyl halides is 3. The van der Waals surface area contributed by atoms with E-state index in [1.54, 1.807) is 28.4 Å². The highest BCUT2D eigenvalue weighted by Crippen LogP contribution is 2.45. The molecule has 6 aromatic rings. The zero-order valence-corrected chi connectivity index (χ0v) is 68.1. The summed E-state index contributed by atoms with van der Waals surface area (Å²) in [5.41, 5.74) is 2.67. The third kappa shape index (κ3) is 20.8. The van der Waals surface area contributed by atoms with Gasteiger partial charge in [-0.15, -0.1) is 23.1 Å². The molecular formula is C82H103ClF3N11O10S4. The zero-order valence-electron chi connectivity index (χ0n) is 64.0. The van der Waals surface area contributed by atoms with Crippen molar-refractivity contribution in [3.8, 4) is 10.4 Å². The number of ether oxygens (including phenoxy) is 1. The van der Waals surface area contributed by atoms with Gasteiger partial charge in [-0.3, -0.25) is 38.7 Å². The number of halogens is 4. The topological polar surface area (TPSA) is 243 Å². The zero-order chi connectivity index (χ0) is 79.0. The van der Waals surface area contributed by atoms with Crippen molar-refractivity contribution in [3.05, 3.63) is 160 Å². The normalized spacial score (nSPS) is 21.0. The summed E-state index contributed by atoms with van der Waals surface area (Å²) in [5.74, 6) is -1.22. The standard InChI is InChI=1S/C82H103ClF3N11O10S4/c1-55(57-20-22-59(23-21-57)75-56(2)87-54-109-75)88-78(101)69-17-14-37-97(69)79(102)76(80(3,4)5)90-73(98)18-12-7-8-13-19-74(99)95-45-41-93(42-46-95)53-81(6)36-34-67(58-24-28-62(83)29-25-58)61(48-81)49-92-39-43-94(44-40-92)64-30-26-60(27-31-64)77(100)91-111(105,106)66-32-33-68(72(47-66)110(103,104)82(84,85)86)89-63(52-108-65-15-10-9-11-16-65)35-38-96-50-71-70(96)51-107-71/h9-11,15-16,20-33,47,54-55,63,69-71,76,89H,7-8,12-14,17-19,34-46,48-53H2,1-6H3,(H,88,101)(H,90,98)(H,91,100)/t55-,63?,69-,70+,71?,76+,81?/m0/s1. The number of hydrogen-bond donors (Lipinski definition) is 4. The van der Waals surface area contributed by atoms with Crippen molar-refractivity contribution in [3.63, 3.8) is 0 Å². The first-order chi connectivity index (χ1) is 52.9. The molecule has 5 aliphatic heterocycles. The van der Waals surface area contributed by atoms with Crippen LogP contribution < -0.4 is 25.6 Å². The molecule has 1 aromatic heterocycles. The number of hydrogen-bond acceptors (Lipinski definition) is 18. The third-order valence-electron chi connectivity index (χ3n) is 22.6. The number of thioether (sulfide) groups is 1. The molecule has 7 atom stereocenters. The number of carbonyl (C=O) groups excluding carboxylic acids is 5. The molecule has 6 heterocycles. The smallest absolute Gasteiger partial charge is 0.380 e. The minimum Gasteiger partial charge on any atom is -0.380 e. The number of carbonyl (C=O) groups is 5. The van der Waals surface area contributed by atoms with Crippen LogP contribution in [0.2, 0.25) is 5.02 Å². The Morgan fingerprint density at radius 2 is 1.48 bits per heavy atom. The van der Waals surface area contributed by atoms with Crippen LogP contribution in [0.5, 0.6) is 0 Å². The summed E-state index contributed by atoms with van der Waals surface area (Å²) in [6.45, 7) is 21.7. The number of thiazole rings is 1. The van der Waals surface area contributed by atoms with E-state index in [2.05, 4.69) is 59.6 Å². The number of nitrogens with one attached hydrogen (secondary N) is 4. The summed E-state index contributed by atoms with van der Waals surface area (Å²) < 4.78 is 105. The number of anilines is 2. The summed E-state index contributed by atoms with van der Waals surface area (Å²) in [4.78, 5) is 86.1. The Hall–Kier alpha value is -7.41. The summed E-state index contributed by atoms with van der Waals surface area (Å²) >= 11 is 9.44. The van der Waals surface area contributed by atoms with Gasteiger partial charge in [-0.1, -0.05) is 112 Å². The Kier molecular flexibility index (Phi) is 26.9. The molecule has 0 saturated carbocycles. The summed E-state index contributed by atoms with van der Waals surface area (Å²) in [7, 11) is -11.0. The molecule has 0 radical (unpaired) electrons. The van der Waals surface area contributed by atoms with Crippen molar-refractivity contribution in [1.29, 1.82) is 0 Å². The fourth-order valence-corrected chi connectivity index (χ4v) is 20.0. The number of sulfone groups is 1. The number of fused-ring (bicyclic) bond motifs is 1. The third-order valence-corrected chi connectivity index (χ3v) is 27.9. The van der Waals surface area contributed by atoms with Gasteiger partial charge >= 0.3 is 5.51 Å². The number of nitrogens with zero attached hydrogens (tertiary/aromatic N) is 7. The molecule has 111 heavy (non-hydrogen) atoms. The number of benzene rings is 5. The predicted octanol–water partition coefficient (Wildman–Crippen LogP) is 12.9. The molecule has 21 nitrogen and oxygen atoms in total. The lowest BCUT2D eigenvalue weighted by Crippen LogP contribution is -2.70. The van der Waals surface area contributed by atoms with E-state index in [1.807, 2.05) is 116 Å². The van der Waals surface area contributed by atoms with E-state index in [9.17, 15) is 54.0 Å². The second-order valence-corrected chi connectivity index (χ2v) is 37.8. The van der Waals surface area contributed by atoms with Crippen molar-refractivity contribution < 1.29 is 58.7 Å². The molecule has 5 fully saturated rings. The van der Waals surface area contributed by atoms with Crippen molar-refractivity contribution in [2.75, 3.05) is 108 Å². The van der Waals surface area contributed by atoms with Gasteiger partial charge in [0.15, 0.2) is 0 Å². The molecule has 5 amide bonds. The number of aryl methyl sites for hydroxylation is 1. The Morgan fingerprint density at radius 1 is 0.793 bits per heavy atom. The monoisotopic (exact) mass is 1620 g/mol. The van der Waals surface area contributed by atoms with Crippen LogP contribution in [0.3, 0.4) is 0 Å². The maximum Gasteiger partial charge on any atom is 0.501 e. The predicted molar refractivity (Wildman–Crippen MR) is 430 cm³/mol. The van der Waals surface area contributed by atoms with E-state index < -0.39 is 70.3 Å². The Balaban J connectivity index is 0.579. The van der Waals surface area contributed by atoms with Gasteiger partial charge in [0.05, 0.1) is 51.5 Å². The number of unbranched alkanes of at least 4 members (excludes halogenated alkanes) is 3. The van der Waals surface area contributed by atoms with Crippen LogP contribution in [0.15, 0.2) is 147 Å². The highest BCUT2D eigenvalue weighted by Gasteiger charge is 2.50. The maximum absolute atomic E-state index is 14.4. The fourth-order valence-electron chi connectivity index (χ4n) is 16.0. The van der Waals surface area contributed by atoms with Gasteiger partial charge in [-0.05, 0) is 165 Å². The lowest BCUT2D eigenvalue weighted by atomic mass is 9.71. The average Bonchev–Trinajstić information content (AvgIpc) is 1.80. The molecule has 0 bridgehead atoms. The van der Waals surface area contributed by atoms with Crippen LogP contribution >= 0.6 is 34.7 Å². The number of sulfonamides is 1. The first-order valence-corrected chi connectivity index (χ1v) is 43.9. The lowest BCUT2D eigenvalue weighted by Gasteiger charge is -2.55. The fraction of sp³-hybridized carbons (Fsp3) is 0.512. The lowest BCUT2D eigenvalue weighted by molar-refractivity contribution is -0.214. The number of likely N-dealkylation sites (tertiary alicyclic amines) is 2. The van der Waals surface area contributed by atoms with Crippen molar-refractivity contribution in [2.45, 2.75) is 175 Å². The van der Waals surface area contributed by atoms with E-state index >= 15 is 0 Å². The van der Waals surface area contributed by atoms with Crippen LogP contribution in [0.4, 0.5) is 24.5 Å². The average molecular weight is 1620 g/mol. The van der Waals surface area contributed by atoms with Crippen LogP contribution in [0.1, 0.15) is 145 Å². The number of allylic oxidation sites excluding steroid dienone is 1. The summed E-state index contributed by atoms with van der Waals surface area (Å²) in [6.07, 6.45) is 8.23. The highest BCUT2D eigenvalue weighted by molar-refractivity contribution is 7.99. The number of aromatic nitrogens is 1. The quantitative estimate of drug-likeness (QED) is 0.0233. The second-order valence-electron chi connectivity index (χ2n) is 31.9. The van der Waals surface area contributed by atoms with Gasteiger partial charge in [0, 0.05) is 131 Å². The summed E-state index contributed by atoms with van der Waals surface area (Å²) in [6, 6.07) is 32.4. The van der Waals surface area contributed by atoms with Gasteiger partial charge in [0.2, 0.25) is 23.6 Å². The van der Waals surface area contributed by atoms with E-state index in [-0.39, 0.29) is 59.2 Å². The van der Waals surface area contributed by atoms with E-state index in [1.165, 1.54) is 35.0 Å². The largest absolute Gasteiger partial charge is 0.501 e. The maximum atomic E-state index is 14.4. The summed E-state index contributed by atoms with van der Waals surface area (Å²) in [5, 5.41) is 9.87. The van der Waals surface area contributed by atoms with Gasteiger partial charge in [-0.25, -0.2) is 26.5 Å². The van der Waals surface area contributed by atoms with Gasteiger partial charge in [0.1, 0.15) is 17.0 Å². The molecule has 1 aliphatic carbocycles. The molecule has 4 N–H and O–H groups in total. The molecule has 0 spiro atoms. The van der Waals surface area contributed by atoms with Crippen LogP contribution in [0, 0.1) is 17.8 Å². The van der Waals surface area contributed by atoms with Gasteiger partial charge in [0.25, 0.3) is 25.8 Å². The number of rotatable bonds is 31. The van der Waals surface area contributed by atoms with Crippen molar-refractivity contribution in [1.82, 2.24) is 44.8 Å². The van der Waals surface area contributed by atoms with Crippen LogP contribution in [0.25, 0.3) is 16.0 Å². The Morgan fingerprint density at radius 3 is 2.12 bits per heavy atom. The van der Waals surface area contributed by atoms with Gasteiger partial charge in [-0.2, -0.15) is 13.2 Å². The van der Waals surface area contributed by atoms with Gasteiger partial charge < -0.3 is 35.4 Å². The minimum absolute atomic E-state index is 0.0208. The van der Waals surface area contributed by atoms with Crippen molar-refractivity contribution >= 4 is 101 Å². The number of piperazine rings is 2. The first-order valence-electron chi connectivity index (χ1n) is 38.7. The molecule has 12 rings (SSSR count). The molecule has 29 heteroatoms. The molecule has 5 aromatic carbocycles. The molecule has 3 unspecified atom stereocenters. The minimum atomic E-state index is -6.10. The second kappa shape index (κ2) is 36.0. The van der Waals surface area contributed by atoms with Crippen LogP contribution in [-0.4, -0.2) is 209 Å². The van der Waals surface area contributed by atoms with Crippen molar-refractivity contribution in [2.24, 2.45) is 10.8 Å². The van der Waals surface area contributed by atoms with E-state index in [4.69, 9.17) is 16.3 Å². The number of amides is 5. The highest BCUT2D eigenvalue weighted by atomic mass is 35.5.